The molecule has 1 N–H and O–H groups in total. The van der Waals surface area contributed by atoms with Crippen molar-refractivity contribution in [1.29, 1.82) is 0 Å². The van der Waals surface area contributed by atoms with Crippen molar-refractivity contribution in [3.05, 3.63) is 30.1 Å². The Bertz CT molecular complexity index is 264. The number of nitrogens with zero attached hydrogens (tertiary/aromatic N) is 1. The Kier molecular flexibility index (Phi) is 1.65. The van der Waals surface area contributed by atoms with Gasteiger partial charge in [-0.05, 0) is 30.9 Å². The minimum atomic E-state index is -0.624. The molecular formula is C10H13NO. The van der Waals surface area contributed by atoms with Gasteiger partial charge in [-0.15, -0.1) is 0 Å². The molecule has 0 atom stereocenters. The summed E-state index contributed by atoms with van der Waals surface area (Å²) in [5.74, 6) is 0.636. The summed E-state index contributed by atoms with van der Waals surface area (Å²) < 4.78 is 0. The number of pyridine rings is 1. The van der Waals surface area contributed by atoms with E-state index in [0.29, 0.717) is 5.92 Å². The molecule has 2 rings (SSSR count). The van der Waals surface area contributed by atoms with Crippen LogP contribution in [0.5, 0.6) is 0 Å². The fourth-order valence-electron chi connectivity index (χ4n) is 1.94. The Labute approximate surface area is 72.3 Å². The van der Waals surface area contributed by atoms with Crippen molar-refractivity contribution in [3.63, 3.8) is 0 Å². The van der Waals surface area contributed by atoms with E-state index in [-0.39, 0.29) is 0 Å². The number of hydrogen-bond acceptors (Lipinski definition) is 2. The molecule has 0 aromatic carbocycles. The van der Waals surface area contributed by atoms with Gasteiger partial charge in [-0.1, -0.05) is 13.0 Å². The summed E-state index contributed by atoms with van der Waals surface area (Å²) in [5, 5.41) is 9.99. The molecule has 1 aromatic rings. The summed E-state index contributed by atoms with van der Waals surface area (Å²) in [7, 11) is 0. The molecule has 2 nitrogen and oxygen atoms in total. The van der Waals surface area contributed by atoms with Crippen LogP contribution in [-0.2, 0) is 5.60 Å². The van der Waals surface area contributed by atoms with Crippen molar-refractivity contribution >= 4 is 0 Å². The maximum absolute atomic E-state index is 9.99. The maximum Gasteiger partial charge on any atom is 0.107 e. The highest BCUT2D eigenvalue weighted by molar-refractivity contribution is 5.16. The number of aromatic nitrogens is 1. The highest BCUT2D eigenvalue weighted by Gasteiger charge is 2.42. The van der Waals surface area contributed by atoms with Crippen molar-refractivity contribution in [1.82, 2.24) is 4.98 Å². The Morgan fingerprint density at radius 3 is 2.75 bits per heavy atom. The van der Waals surface area contributed by atoms with Crippen LogP contribution in [0.4, 0.5) is 0 Å². The summed E-state index contributed by atoms with van der Waals surface area (Å²) in [5.41, 5.74) is 0.198. The van der Waals surface area contributed by atoms with Crippen LogP contribution in [0, 0.1) is 5.92 Å². The molecule has 0 bridgehead atoms. The van der Waals surface area contributed by atoms with Crippen LogP contribution in [0.3, 0.4) is 0 Å². The van der Waals surface area contributed by atoms with Crippen LogP contribution in [0.15, 0.2) is 24.4 Å². The van der Waals surface area contributed by atoms with Crippen molar-refractivity contribution in [2.45, 2.75) is 25.4 Å². The quantitative estimate of drug-likeness (QED) is 0.683. The average molecular weight is 163 g/mol. The van der Waals surface area contributed by atoms with E-state index in [1.165, 1.54) is 0 Å². The fraction of sp³-hybridized carbons (Fsp3) is 0.500. The SMILES string of the molecule is CC1CC(O)(c2ccccn2)C1. The maximum atomic E-state index is 9.99. The summed E-state index contributed by atoms with van der Waals surface area (Å²) in [6, 6.07) is 5.68. The van der Waals surface area contributed by atoms with Gasteiger partial charge in [-0.2, -0.15) is 0 Å². The molecule has 1 aliphatic carbocycles. The van der Waals surface area contributed by atoms with Gasteiger partial charge in [-0.3, -0.25) is 4.98 Å². The first-order chi connectivity index (χ1) is 5.71. The zero-order chi connectivity index (χ0) is 8.60. The number of hydrogen-bond donors (Lipinski definition) is 1. The van der Waals surface area contributed by atoms with E-state index in [4.69, 9.17) is 0 Å². The van der Waals surface area contributed by atoms with Crippen LogP contribution >= 0.6 is 0 Å². The van der Waals surface area contributed by atoms with Crippen LogP contribution < -0.4 is 0 Å². The lowest BCUT2D eigenvalue weighted by Gasteiger charge is -2.41. The average Bonchev–Trinajstić information content (AvgIpc) is 2.04. The Balaban J connectivity index is 2.21. The minimum absolute atomic E-state index is 0.624. The molecule has 0 radical (unpaired) electrons. The molecule has 0 saturated heterocycles. The molecule has 1 aliphatic rings. The van der Waals surface area contributed by atoms with Crippen molar-refractivity contribution in [2.75, 3.05) is 0 Å². The van der Waals surface area contributed by atoms with Crippen LogP contribution in [0.2, 0.25) is 0 Å². The normalized spacial score (nSPS) is 34.3. The zero-order valence-corrected chi connectivity index (χ0v) is 7.20. The van der Waals surface area contributed by atoms with Crippen LogP contribution in [0.25, 0.3) is 0 Å². The van der Waals surface area contributed by atoms with E-state index in [0.717, 1.165) is 18.5 Å². The zero-order valence-electron chi connectivity index (χ0n) is 7.20. The van der Waals surface area contributed by atoms with E-state index in [9.17, 15) is 5.11 Å². The Hall–Kier alpha value is -0.890. The van der Waals surface area contributed by atoms with E-state index in [1.54, 1.807) is 6.20 Å². The highest BCUT2D eigenvalue weighted by atomic mass is 16.3. The van der Waals surface area contributed by atoms with E-state index < -0.39 is 5.60 Å². The molecule has 0 unspecified atom stereocenters. The highest BCUT2D eigenvalue weighted by Crippen LogP contribution is 2.44. The van der Waals surface area contributed by atoms with Crippen molar-refractivity contribution < 1.29 is 5.11 Å². The summed E-state index contributed by atoms with van der Waals surface area (Å²) in [6.45, 7) is 2.15. The number of aliphatic hydroxyl groups is 1. The molecule has 1 saturated carbocycles. The summed E-state index contributed by atoms with van der Waals surface area (Å²) in [4.78, 5) is 4.16. The second kappa shape index (κ2) is 2.56. The Morgan fingerprint density at radius 2 is 2.25 bits per heavy atom. The Morgan fingerprint density at radius 1 is 1.50 bits per heavy atom. The smallest absolute Gasteiger partial charge is 0.107 e. The topological polar surface area (TPSA) is 33.1 Å². The van der Waals surface area contributed by atoms with Crippen LogP contribution in [-0.4, -0.2) is 10.1 Å². The van der Waals surface area contributed by atoms with Crippen LogP contribution in [0.1, 0.15) is 25.5 Å². The van der Waals surface area contributed by atoms with Crippen molar-refractivity contribution in [3.8, 4) is 0 Å². The first kappa shape index (κ1) is 7.74. The molecule has 0 amide bonds. The van der Waals surface area contributed by atoms with Gasteiger partial charge in [0.2, 0.25) is 0 Å². The number of rotatable bonds is 1. The van der Waals surface area contributed by atoms with E-state index in [2.05, 4.69) is 11.9 Å². The molecule has 0 aliphatic heterocycles. The second-order valence-corrected chi connectivity index (χ2v) is 3.76. The molecule has 1 aromatic heterocycles. The van der Waals surface area contributed by atoms with Gasteiger partial charge in [0.1, 0.15) is 5.60 Å². The third kappa shape index (κ3) is 1.12. The van der Waals surface area contributed by atoms with Gasteiger partial charge in [0.25, 0.3) is 0 Å². The molecule has 12 heavy (non-hydrogen) atoms. The lowest BCUT2D eigenvalue weighted by molar-refractivity contribution is -0.0772. The molecular weight excluding hydrogens is 150 g/mol. The lowest BCUT2D eigenvalue weighted by Crippen LogP contribution is -2.40. The van der Waals surface area contributed by atoms with E-state index >= 15 is 0 Å². The summed E-state index contributed by atoms with van der Waals surface area (Å²) in [6.07, 6.45) is 3.43. The van der Waals surface area contributed by atoms with Crippen molar-refractivity contribution in [2.24, 2.45) is 5.92 Å². The molecule has 1 heterocycles. The predicted molar refractivity (Wildman–Crippen MR) is 46.5 cm³/mol. The first-order valence-corrected chi connectivity index (χ1v) is 4.35. The molecule has 1 fully saturated rings. The van der Waals surface area contributed by atoms with Gasteiger partial charge in [0.05, 0.1) is 5.69 Å². The van der Waals surface area contributed by atoms with Gasteiger partial charge in [0, 0.05) is 6.20 Å². The standard InChI is InChI=1S/C10H13NO/c1-8-6-10(12,7-8)9-4-2-3-5-11-9/h2-5,8,12H,6-7H2,1H3. The predicted octanol–water partition coefficient (Wildman–Crippen LogP) is 1.70. The van der Waals surface area contributed by atoms with E-state index in [1.807, 2.05) is 18.2 Å². The third-order valence-electron chi connectivity index (χ3n) is 2.51. The van der Waals surface area contributed by atoms with Gasteiger partial charge in [-0.25, -0.2) is 0 Å². The lowest BCUT2D eigenvalue weighted by atomic mass is 9.70. The first-order valence-electron chi connectivity index (χ1n) is 4.35. The summed E-state index contributed by atoms with van der Waals surface area (Å²) >= 11 is 0. The fourth-order valence-corrected chi connectivity index (χ4v) is 1.94. The minimum Gasteiger partial charge on any atom is -0.384 e. The third-order valence-corrected chi connectivity index (χ3v) is 2.51. The van der Waals surface area contributed by atoms with Gasteiger partial charge < -0.3 is 5.11 Å². The van der Waals surface area contributed by atoms with Gasteiger partial charge >= 0.3 is 0 Å². The second-order valence-electron chi connectivity index (χ2n) is 3.76. The monoisotopic (exact) mass is 163 g/mol. The largest absolute Gasteiger partial charge is 0.384 e. The van der Waals surface area contributed by atoms with Gasteiger partial charge in [0.15, 0.2) is 0 Å². The molecule has 0 spiro atoms. The molecule has 2 heteroatoms. The molecule has 64 valence electrons.